The number of carbonyl (C=O) groups is 3. The van der Waals surface area contributed by atoms with Crippen LogP contribution in [0.15, 0.2) is 18.2 Å². The zero-order valence-electron chi connectivity index (χ0n) is 22.3. The minimum Gasteiger partial charge on any atom is -0.495 e. The third-order valence-corrected chi connectivity index (χ3v) is 10.2. The first-order valence-electron chi connectivity index (χ1n) is 13.8. The molecule has 0 spiro atoms. The minimum absolute atomic E-state index is 0.0769. The number of methoxy groups -OCH3 is 1. The standard InChI is InChI=1S/C27H39N5O5S/c1-17-6-7-22(36-2)20(13-17)30-27(35)37-19-10-12-32(11-4-3-5-18(32)14-19)16-28-24(33)9-8-23-25-21(15-38-23)29-26(34)31-25/h6-7,13,18-19,21,23,25H,3-5,8-12,14-16H2,1-2H3,(H3-,28,29,30,31,33,34,35)/p+1/t18?,19?,21-,23-,25-,32?/m1/s1. The van der Waals surface area contributed by atoms with Gasteiger partial charge in [-0.15, -0.1) is 0 Å². The number of thioether (sulfide) groups is 1. The first-order valence-corrected chi connectivity index (χ1v) is 14.8. The highest BCUT2D eigenvalue weighted by atomic mass is 32.2. The van der Waals surface area contributed by atoms with E-state index in [0.29, 0.717) is 30.6 Å². The Morgan fingerprint density at radius 3 is 2.89 bits per heavy atom. The van der Waals surface area contributed by atoms with E-state index in [2.05, 4.69) is 21.3 Å². The Balaban J connectivity index is 1.10. The molecule has 4 N–H and O–H groups in total. The lowest BCUT2D eigenvalue weighted by Gasteiger charge is -2.51. The number of anilines is 1. The van der Waals surface area contributed by atoms with Gasteiger partial charge in [-0.2, -0.15) is 11.8 Å². The summed E-state index contributed by atoms with van der Waals surface area (Å²) in [5.74, 6) is 1.58. The van der Waals surface area contributed by atoms with Gasteiger partial charge in [0, 0.05) is 30.3 Å². The van der Waals surface area contributed by atoms with Crippen molar-refractivity contribution >= 4 is 35.5 Å². The first-order chi connectivity index (χ1) is 18.3. The van der Waals surface area contributed by atoms with E-state index < -0.39 is 6.09 Å². The molecule has 0 aliphatic carbocycles. The molecule has 3 unspecified atom stereocenters. The van der Waals surface area contributed by atoms with Crippen molar-refractivity contribution in [2.75, 3.05) is 37.9 Å². The molecular weight excluding hydrogens is 506 g/mol. The number of ether oxygens (including phenoxy) is 2. The summed E-state index contributed by atoms with van der Waals surface area (Å²) in [5.41, 5.74) is 1.63. The predicted octanol–water partition coefficient (Wildman–Crippen LogP) is 3.10. The molecule has 4 amide bonds. The Morgan fingerprint density at radius 2 is 2.05 bits per heavy atom. The molecule has 0 saturated carbocycles. The van der Waals surface area contributed by atoms with Gasteiger partial charge in [-0.05, 0) is 50.3 Å². The summed E-state index contributed by atoms with van der Waals surface area (Å²) in [4.78, 5) is 37.1. The number of amides is 4. The molecule has 4 aliphatic heterocycles. The lowest BCUT2D eigenvalue weighted by molar-refractivity contribution is -0.963. The number of urea groups is 1. The number of aryl methyl sites for hydroxylation is 1. The molecule has 6 atom stereocenters. The van der Waals surface area contributed by atoms with Gasteiger partial charge in [0.25, 0.3) is 0 Å². The smallest absolute Gasteiger partial charge is 0.412 e. The summed E-state index contributed by atoms with van der Waals surface area (Å²) in [6.45, 7) is 4.53. The van der Waals surface area contributed by atoms with Crippen LogP contribution in [-0.2, 0) is 9.53 Å². The van der Waals surface area contributed by atoms with Crippen LogP contribution in [0.25, 0.3) is 0 Å². The topological polar surface area (TPSA) is 118 Å². The highest BCUT2D eigenvalue weighted by molar-refractivity contribution is 8.00. The zero-order valence-corrected chi connectivity index (χ0v) is 23.1. The molecule has 4 heterocycles. The van der Waals surface area contributed by atoms with Crippen LogP contribution in [0.5, 0.6) is 5.75 Å². The van der Waals surface area contributed by atoms with Crippen molar-refractivity contribution < 1.29 is 28.3 Å². The molecule has 1 aromatic rings. The van der Waals surface area contributed by atoms with E-state index in [1.807, 2.05) is 36.9 Å². The van der Waals surface area contributed by atoms with Gasteiger partial charge in [-0.3, -0.25) is 10.1 Å². The second-order valence-corrected chi connectivity index (χ2v) is 12.4. The molecule has 4 aliphatic rings. The van der Waals surface area contributed by atoms with Crippen LogP contribution in [0.4, 0.5) is 15.3 Å². The number of nitrogens with one attached hydrogen (secondary N) is 4. The summed E-state index contributed by atoms with van der Waals surface area (Å²) in [7, 11) is 1.58. The zero-order chi connectivity index (χ0) is 26.7. The molecule has 0 radical (unpaired) electrons. The number of rotatable bonds is 8. The summed E-state index contributed by atoms with van der Waals surface area (Å²) in [6.07, 6.45) is 5.62. The fourth-order valence-electron chi connectivity index (χ4n) is 6.58. The number of hydrogen-bond donors (Lipinski definition) is 4. The molecule has 10 nitrogen and oxygen atoms in total. The highest BCUT2D eigenvalue weighted by Crippen LogP contribution is 2.35. The second kappa shape index (κ2) is 11.6. The maximum absolute atomic E-state index is 12.8. The molecule has 4 saturated heterocycles. The Bertz CT molecular complexity index is 1060. The van der Waals surface area contributed by atoms with Gasteiger partial charge in [0.15, 0.2) is 6.67 Å². The summed E-state index contributed by atoms with van der Waals surface area (Å²) in [6, 6.07) is 6.22. The van der Waals surface area contributed by atoms with E-state index >= 15 is 0 Å². The van der Waals surface area contributed by atoms with Gasteiger partial charge in [0.2, 0.25) is 5.91 Å². The van der Waals surface area contributed by atoms with Gasteiger partial charge in [-0.25, -0.2) is 9.59 Å². The van der Waals surface area contributed by atoms with Gasteiger partial charge < -0.3 is 29.9 Å². The summed E-state index contributed by atoms with van der Waals surface area (Å²) in [5, 5.41) is 12.3. The highest BCUT2D eigenvalue weighted by Gasteiger charge is 2.46. The number of quaternary nitrogens is 1. The van der Waals surface area contributed by atoms with Crippen molar-refractivity contribution in [2.45, 2.75) is 81.3 Å². The maximum Gasteiger partial charge on any atom is 0.412 e. The molecule has 5 rings (SSSR count). The van der Waals surface area contributed by atoms with E-state index in [0.717, 1.165) is 61.0 Å². The molecule has 11 heteroatoms. The number of nitrogens with zero attached hydrogens (tertiary/aromatic N) is 1. The lowest BCUT2D eigenvalue weighted by Crippen LogP contribution is -2.66. The normalized spacial score (nSPS) is 31.8. The molecule has 4 fully saturated rings. The van der Waals surface area contributed by atoms with Crippen LogP contribution in [0, 0.1) is 6.92 Å². The Labute approximate surface area is 228 Å². The van der Waals surface area contributed by atoms with E-state index in [-0.39, 0.29) is 35.4 Å². The van der Waals surface area contributed by atoms with Crippen LogP contribution in [-0.4, -0.2) is 84.6 Å². The van der Waals surface area contributed by atoms with Crippen molar-refractivity contribution in [3.63, 3.8) is 0 Å². The van der Waals surface area contributed by atoms with E-state index in [4.69, 9.17) is 9.47 Å². The molecular formula is C27H40N5O5S+. The van der Waals surface area contributed by atoms with E-state index in [1.54, 1.807) is 7.11 Å². The van der Waals surface area contributed by atoms with Crippen LogP contribution in [0.3, 0.4) is 0 Å². The SMILES string of the molecule is COc1ccc(C)cc1NC(=O)OC1CC[N+]2(CNC(=O)CC[C@H]3SC[C@H]4NC(=O)N[C@H]43)CCCCC2C1. The Hall–Kier alpha value is -2.66. The van der Waals surface area contributed by atoms with Crippen LogP contribution >= 0.6 is 11.8 Å². The van der Waals surface area contributed by atoms with Gasteiger partial charge in [0.05, 0.1) is 44.0 Å². The lowest BCUT2D eigenvalue weighted by atomic mass is 9.88. The number of hydrogen-bond acceptors (Lipinski definition) is 6. The average molecular weight is 547 g/mol. The van der Waals surface area contributed by atoms with E-state index in [9.17, 15) is 14.4 Å². The summed E-state index contributed by atoms with van der Waals surface area (Å²) < 4.78 is 12.1. The van der Waals surface area contributed by atoms with Gasteiger partial charge in [-0.1, -0.05) is 6.07 Å². The van der Waals surface area contributed by atoms with Gasteiger partial charge >= 0.3 is 12.1 Å². The van der Waals surface area contributed by atoms with E-state index in [1.165, 1.54) is 6.42 Å². The van der Waals surface area contributed by atoms with Crippen LogP contribution < -0.4 is 26.0 Å². The van der Waals surface area contributed by atoms with Crippen LogP contribution in [0.1, 0.15) is 50.5 Å². The Morgan fingerprint density at radius 1 is 1.18 bits per heavy atom. The average Bonchev–Trinajstić information content (AvgIpc) is 3.45. The predicted molar refractivity (Wildman–Crippen MR) is 146 cm³/mol. The fraction of sp³-hybridized carbons (Fsp3) is 0.667. The third kappa shape index (κ3) is 5.98. The van der Waals surface area contributed by atoms with Crippen molar-refractivity contribution in [3.8, 4) is 5.75 Å². The number of piperidine rings is 2. The minimum atomic E-state index is -0.455. The molecule has 38 heavy (non-hydrogen) atoms. The van der Waals surface area contributed by atoms with Crippen molar-refractivity contribution in [3.05, 3.63) is 23.8 Å². The monoisotopic (exact) mass is 546 g/mol. The first kappa shape index (κ1) is 26.9. The molecule has 0 bridgehead atoms. The third-order valence-electron chi connectivity index (χ3n) is 8.65. The largest absolute Gasteiger partial charge is 0.495 e. The summed E-state index contributed by atoms with van der Waals surface area (Å²) >= 11 is 1.83. The van der Waals surface area contributed by atoms with Crippen molar-refractivity contribution in [1.82, 2.24) is 16.0 Å². The number of benzene rings is 1. The van der Waals surface area contributed by atoms with Crippen molar-refractivity contribution in [2.24, 2.45) is 0 Å². The number of carbonyl (C=O) groups excluding carboxylic acids is 3. The number of fused-ring (bicyclic) bond motifs is 2. The van der Waals surface area contributed by atoms with Crippen molar-refractivity contribution in [1.29, 1.82) is 0 Å². The van der Waals surface area contributed by atoms with Gasteiger partial charge in [0.1, 0.15) is 11.9 Å². The van der Waals surface area contributed by atoms with Crippen LogP contribution in [0.2, 0.25) is 0 Å². The fourth-order valence-corrected chi connectivity index (χ4v) is 8.07. The Kier molecular flexibility index (Phi) is 8.23. The quantitative estimate of drug-likeness (QED) is 0.294. The molecule has 208 valence electrons. The maximum atomic E-state index is 12.8. The molecule has 1 aromatic carbocycles. The molecule has 0 aromatic heterocycles. The second-order valence-electron chi connectivity index (χ2n) is 11.1.